The molecule has 0 N–H and O–H groups in total. The number of carbonyl (C=O) groups excluding carboxylic acids is 1. The van der Waals surface area contributed by atoms with Crippen LogP contribution in [0.25, 0.3) is 0 Å². The summed E-state index contributed by atoms with van der Waals surface area (Å²) in [5.74, 6) is 0.930. The molecule has 1 aliphatic rings. The van der Waals surface area contributed by atoms with E-state index in [4.69, 9.17) is 5.26 Å². The van der Waals surface area contributed by atoms with Gasteiger partial charge in [0.25, 0.3) is 0 Å². The maximum absolute atomic E-state index is 12.2. The summed E-state index contributed by atoms with van der Waals surface area (Å²) in [6.45, 7) is 4.54. The van der Waals surface area contributed by atoms with Gasteiger partial charge in [0.2, 0.25) is 0 Å². The van der Waals surface area contributed by atoms with Crippen LogP contribution in [0.1, 0.15) is 42.1 Å². The van der Waals surface area contributed by atoms with Gasteiger partial charge in [0.05, 0.1) is 18.2 Å². The average molecular weight is 256 g/mol. The van der Waals surface area contributed by atoms with Crippen molar-refractivity contribution in [3.63, 3.8) is 0 Å². The van der Waals surface area contributed by atoms with Crippen LogP contribution in [0.2, 0.25) is 0 Å². The number of rotatable bonds is 6. The molecule has 1 saturated carbocycles. The number of hydrogen-bond donors (Lipinski definition) is 0. The minimum atomic E-state index is 0.144. The maximum Gasteiger partial charge on any atom is 0.176 e. The molecule has 3 nitrogen and oxygen atoms in total. The molecule has 0 aromatic heterocycles. The van der Waals surface area contributed by atoms with Crippen LogP contribution < -0.4 is 0 Å². The van der Waals surface area contributed by atoms with Crippen molar-refractivity contribution < 1.29 is 4.79 Å². The van der Waals surface area contributed by atoms with Gasteiger partial charge in [-0.3, -0.25) is 9.69 Å². The van der Waals surface area contributed by atoms with E-state index in [2.05, 4.69) is 17.9 Å². The van der Waals surface area contributed by atoms with E-state index in [9.17, 15) is 4.79 Å². The zero-order valence-corrected chi connectivity index (χ0v) is 11.4. The largest absolute Gasteiger partial charge is 0.296 e. The topological polar surface area (TPSA) is 44.1 Å². The number of hydrogen-bond acceptors (Lipinski definition) is 3. The number of benzene rings is 1. The highest BCUT2D eigenvalue weighted by molar-refractivity contribution is 5.97. The Kier molecular flexibility index (Phi) is 4.70. The third-order valence-electron chi connectivity index (χ3n) is 3.89. The SMILES string of the molecule is CCN(CC(=O)c1ccc(C#N)cc1)CC1CCC1. The Labute approximate surface area is 114 Å². The summed E-state index contributed by atoms with van der Waals surface area (Å²) in [5.41, 5.74) is 1.30. The number of ketones is 1. The molecule has 0 spiro atoms. The predicted octanol–water partition coefficient (Wildman–Crippen LogP) is 2.86. The van der Waals surface area contributed by atoms with Crippen LogP contribution >= 0.6 is 0 Å². The van der Waals surface area contributed by atoms with Gasteiger partial charge in [-0.25, -0.2) is 0 Å². The van der Waals surface area contributed by atoms with Gasteiger partial charge < -0.3 is 0 Å². The van der Waals surface area contributed by atoms with E-state index in [0.29, 0.717) is 17.7 Å². The van der Waals surface area contributed by atoms with Gasteiger partial charge in [-0.15, -0.1) is 0 Å². The van der Waals surface area contributed by atoms with Gasteiger partial charge in [0.15, 0.2) is 5.78 Å². The van der Waals surface area contributed by atoms with Crippen molar-refractivity contribution in [3.8, 4) is 6.07 Å². The van der Waals surface area contributed by atoms with Crippen LogP contribution in [0, 0.1) is 17.2 Å². The van der Waals surface area contributed by atoms with Gasteiger partial charge in [0, 0.05) is 12.1 Å². The fourth-order valence-electron chi connectivity index (χ4n) is 2.37. The molecule has 2 rings (SSSR count). The van der Waals surface area contributed by atoms with Gasteiger partial charge in [-0.2, -0.15) is 5.26 Å². The Bertz CT molecular complexity index is 469. The molecule has 0 saturated heterocycles. The number of nitriles is 1. The lowest BCUT2D eigenvalue weighted by Gasteiger charge is -2.31. The van der Waals surface area contributed by atoms with E-state index < -0.39 is 0 Å². The van der Waals surface area contributed by atoms with E-state index in [1.54, 1.807) is 24.3 Å². The lowest BCUT2D eigenvalue weighted by molar-refractivity contribution is 0.0905. The van der Waals surface area contributed by atoms with Crippen LogP contribution in [0.15, 0.2) is 24.3 Å². The summed E-state index contributed by atoms with van der Waals surface area (Å²) in [6, 6.07) is 8.97. The van der Waals surface area contributed by atoms with Crippen molar-refractivity contribution in [3.05, 3.63) is 35.4 Å². The average Bonchev–Trinajstić information content (AvgIpc) is 2.41. The van der Waals surface area contributed by atoms with Crippen molar-refractivity contribution in [2.75, 3.05) is 19.6 Å². The molecule has 0 aliphatic heterocycles. The first kappa shape index (κ1) is 13.8. The van der Waals surface area contributed by atoms with Crippen molar-refractivity contribution >= 4 is 5.78 Å². The van der Waals surface area contributed by atoms with E-state index in [1.807, 2.05) is 0 Å². The third kappa shape index (κ3) is 3.65. The van der Waals surface area contributed by atoms with Crippen LogP contribution in [0.4, 0.5) is 0 Å². The van der Waals surface area contributed by atoms with E-state index in [0.717, 1.165) is 19.0 Å². The van der Waals surface area contributed by atoms with Crippen molar-refractivity contribution in [2.24, 2.45) is 5.92 Å². The molecule has 1 aliphatic carbocycles. The molecular formula is C16H20N2O. The minimum absolute atomic E-state index is 0.144. The summed E-state index contributed by atoms with van der Waals surface area (Å²) in [5, 5.41) is 8.74. The van der Waals surface area contributed by atoms with Crippen LogP contribution in [0.5, 0.6) is 0 Å². The second-order valence-electron chi connectivity index (χ2n) is 5.24. The Morgan fingerprint density at radius 1 is 1.37 bits per heavy atom. The quantitative estimate of drug-likeness (QED) is 0.735. The Hall–Kier alpha value is -1.66. The number of likely N-dealkylation sites (N-methyl/N-ethyl adjacent to an activating group) is 1. The second-order valence-corrected chi connectivity index (χ2v) is 5.24. The normalized spacial score (nSPS) is 15.0. The molecule has 0 heterocycles. The molecule has 1 aromatic rings. The summed E-state index contributed by atoms with van der Waals surface area (Å²) in [6.07, 6.45) is 3.95. The molecule has 3 heteroatoms. The molecule has 1 aromatic carbocycles. The molecule has 100 valence electrons. The summed E-state index contributed by atoms with van der Waals surface area (Å²) < 4.78 is 0. The Balaban J connectivity index is 1.92. The molecule has 0 bridgehead atoms. The molecule has 0 atom stereocenters. The summed E-state index contributed by atoms with van der Waals surface area (Å²) >= 11 is 0. The number of carbonyl (C=O) groups is 1. The molecule has 0 radical (unpaired) electrons. The first-order valence-corrected chi connectivity index (χ1v) is 6.98. The first-order chi connectivity index (χ1) is 9.22. The van der Waals surface area contributed by atoms with Gasteiger partial charge in [0.1, 0.15) is 0 Å². The predicted molar refractivity (Wildman–Crippen MR) is 74.9 cm³/mol. The van der Waals surface area contributed by atoms with E-state index in [-0.39, 0.29) is 5.78 Å². The smallest absolute Gasteiger partial charge is 0.176 e. The van der Waals surface area contributed by atoms with E-state index >= 15 is 0 Å². The molecule has 0 unspecified atom stereocenters. The highest BCUT2D eigenvalue weighted by atomic mass is 16.1. The third-order valence-corrected chi connectivity index (χ3v) is 3.89. The maximum atomic E-state index is 12.2. The molecule has 0 amide bonds. The fraction of sp³-hybridized carbons (Fsp3) is 0.500. The Morgan fingerprint density at radius 2 is 2.05 bits per heavy atom. The standard InChI is InChI=1S/C16H20N2O/c1-2-18(11-14-4-3-5-14)12-16(19)15-8-6-13(10-17)7-9-15/h6-9,14H,2-5,11-12H2,1H3. The van der Waals surface area contributed by atoms with Crippen LogP contribution in [0.3, 0.4) is 0 Å². The van der Waals surface area contributed by atoms with Crippen molar-refractivity contribution in [1.82, 2.24) is 4.90 Å². The number of nitrogens with zero attached hydrogens (tertiary/aromatic N) is 2. The number of Topliss-reactive ketones (excluding diaryl/α,β-unsaturated/α-hetero) is 1. The van der Waals surface area contributed by atoms with Gasteiger partial charge in [-0.05, 0) is 37.4 Å². The van der Waals surface area contributed by atoms with E-state index in [1.165, 1.54) is 19.3 Å². The highest BCUT2D eigenvalue weighted by Crippen LogP contribution is 2.27. The zero-order valence-electron chi connectivity index (χ0n) is 11.4. The van der Waals surface area contributed by atoms with Gasteiger partial charge in [-0.1, -0.05) is 25.5 Å². The minimum Gasteiger partial charge on any atom is -0.296 e. The van der Waals surface area contributed by atoms with Gasteiger partial charge >= 0.3 is 0 Å². The van der Waals surface area contributed by atoms with Crippen LogP contribution in [-0.2, 0) is 0 Å². The lowest BCUT2D eigenvalue weighted by Crippen LogP contribution is -2.36. The van der Waals surface area contributed by atoms with Crippen molar-refractivity contribution in [2.45, 2.75) is 26.2 Å². The lowest BCUT2D eigenvalue weighted by atomic mass is 9.85. The molecular weight excluding hydrogens is 236 g/mol. The monoisotopic (exact) mass is 256 g/mol. The summed E-state index contributed by atoms with van der Waals surface area (Å²) in [4.78, 5) is 14.4. The first-order valence-electron chi connectivity index (χ1n) is 6.98. The molecule has 19 heavy (non-hydrogen) atoms. The highest BCUT2D eigenvalue weighted by Gasteiger charge is 2.21. The second kappa shape index (κ2) is 6.49. The molecule has 1 fully saturated rings. The summed E-state index contributed by atoms with van der Waals surface area (Å²) in [7, 11) is 0. The van der Waals surface area contributed by atoms with Crippen LogP contribution in [-0.4, -0.2) is 30.3 Å². The zero-order chi connectivity index (χ0) is 13.7. The fourth-order valence-corrected chi connectivity index (χ4v) is 2.37. The Morgan fingerprint density at radius 3 is 2.53 bits per heavy atom. The van der Waals surface area contributed by atoms with Crippen molar-refractivity contribution in [1.29, 1.82) is 5.26 Å².